The van der Waals surface area contributed by atoms with E-state index < -0.39 is 5.92 Å². The lowest BCUT2D eigenvalue weighted by molar-refractivity contribution is -0.130. The Bertz CT molecular complexity index is 354. The van der Waals surface area contributed by atoms with Crippen LogP contribution in [0.4, 0.5) is 0 Å². The molecule has 1 saturated carbocycles. The number of carbonyl (C=O) groups is 2. The highest BCUT2D eigenvalue weighted by Crippen LogP contribution is 2.62. The van der Waals surface area contributed by atoms with Crippen molar-refractivity contribution >= 4 is 34.8 Å². The Morgan fingerprint density at radius 2 is 1.71 bits per heavy atom. The SMILES string of the molecule is CC(=O)C(CC1C(C=C(Cl)Cl)C1(C)C)C(C)=O. The third-order valence-electron chi connectivity index (χ3n) is 3.92. The summed E-state index contributed by atoms with van der Waals surface area (Å²) in [5.74, 6) is -0.0342. The molecule has 0 spiro atoms. The Labute approximate surface area is 112 Å². The van der Waals surface area contributed by atoms with Crippen LogP contribution in [-0.4, -0.2) is 11.6 Å². The van der Waals surface area contributed by atoms with Gasteiger partial charge in [0.05, 0.1) is 5.92 Å². The average Bonchev–Trinajstić information content (AvgIpc) is 2.62. The van der Waals surface area contributed by atoms with Crippen LogP contribution in [0.15, 0.2) is 10.6 Å². The highest BCUT2D eigenvalue weighted by atomic mass is 35.5. The Morgan fingerprint density at radius 3 is 2.06 bits per heavy atom. The number of halogens is 2. The first-order chi connectivity index (χ1) is 7.67. The van der Waals surface area contributed by atoms with Gasteiger partial charge in [-0.3, -0.25) is 9.59 Å². The van der Waals surface area contributed by atoms with E-state index in [-0.39, 0.29) is 27.4 Å². The number of allylic oxidation sites excluding steroid dienone is 1. The maximum atomic E-state index is 11.4. The van der Waals surface area contributed by atoms with Gasteiger partial charge in [0.15, 0.2) is 0 Å². The summed E-state index contributed by atoms with van der Waals surface area (Å²) in [5, 5.41) is 0. The number of hydrogen-bond donors (Lipinski definition) is 0. The number of ketones is 2. The smallest absolute Gasteiger partial charge is 0.140 e. The second kappa shape index (κ2) is 5.11. The zero-order chi connectivity index (χ0) is 13.4. The van der Waals surface area contributed by atoms with Crippen molar-refractivity contribution in [2.24, 2.45) is 23.2 Å². The third-order valence-corrected chi connectivity index (χ3v) is 4.17. The van der Waals surface area contributed by atoms with Gasteiger partial charge >= 0.3 is 0 Å². The van der Waals surface area contributed by atoms with Crippen molar-refractivity contribution in [2.75, 3.05) is 0 Å². The molecule has 0 aromatic rings. The van der Waals surface area contributed by atoms with Crippen LogP contribution < -0.4 is 0 Å². The van der Waals surface area contributed by atoms with Gasteiger partial charge in [-0.1, -0.05) is 43.1 Å². The maximum absolute atomic E-state index is 11.4. The summed E-state index contributed by atoms with van der Waals surface area (Å²) < 4.78 is 0.257. The molecule has 2 unspecified atom stereocenters. The lowest BCUT2D eigenvalue weighted by Crippen LogP contribution is -2.20. The van der Waals surface area contributed by atoms with E-state index in [1.165, 1.54) is 13.8 Å². The third kappa shape index (κ3) is 3.32. The minimum absolute atomic E-state index is 0.0556. The van der Waals surface area contributed by atoms with E-state index in [2.05, 4.69) is 13.8 Å². The summed E-state index contributed by atoms with van der Waals surface area (Å²) >= 11 is 11.3. The van der Waals surface area contributed by atoms with Gasteiger partial charge in [-0.25, -0.2) is 0 Å². The first kappa shape index (κ1) is 14.7. The van der Waals surface area contributed by atoms with E-state index >= 15 is 0 Å². The fourth-order valence-electron chi connectivity index (χ4n) is 2.58. The lowest BCUT2D eigenvalue weighted by Gasteiger charge is -2.10. The zero-order valence-electron chi connectivity index (χ0n) is 10.6. The average molecular weight is 277 g/mol. The molecular weight excluding hydrogens is 259 g/mol. The van der Waals surface area contributed by atoms with Crippen molar-refractivity contribution in [1.29, 1.82) is 0 Å². The minimum atomic E-state index is -0.480. The predicted molar refractivity (Wildman–Crippen MR) is 70.0 cm³/mol. The molecule has 1 fully saturated rings. The number of carbonyl (C=O) groups excluding carboxylic acids is 2. The fraction of sp³-hybridized carbons (Fsp3) is 0.692. The molecule has 0 amide bonds. The molecule has 2 atom stereocenters. The monoisotopic (exact) mass is 276 g/mol. The Hall–Kier alpha value is -0.340. The predicted octanol–water partition coefficient (Wildman–Crippen LogP) is 3.76. The summed E-state index contributed by atoms with van der Waals surface area (Å²) in [5.41, 5.74) is 0.0676. The molecule has 17 heavy (non-hydrogen) atoms. The van der Waals surface area contributed by atoms with E-state index in [1.807, 2.05) is 6.08 Å². The van der Waals surface area contributed by atoms with Crippen molar-refractivity contribution in [2.45, 2.75) is 34.1 Å². The molecule has 1 aliphatic carbocycles. The molecule has 0 N–H and O–H groups in total. The molecule has 0 aromatic carbocycles. The molecule has 1 rings (SSSR count). The van der Waals surface area contributed by atoms with Crippen LogP contribution in [0, 0.1) is 23.2 Å². The molecular formula is C13H18Cl2O2. The van der Waals surface area contributed by atoms with E-state index in [4.69, 9.17) is 23.2 Å². The molecule has 4 heteroatoms. The highest BCUT2D eigenvalue weighted by Gasteiger charge is 2.57. The van der Waals surface area contributed by atoms with Gasteiger partial charge < -0.3 is 0 Å². The Balaban J connectivity index is 2.74. The second-order valence-corrected chi connectivity index (χ2v) is 6.43. The molecule has 0 heterocycles. The summed E-state index contributed by atoms with van der Waals surface area (Å²) in [6.45, 7) is 7.15. The van der Waals surface area contributed by atoms with Crippen molar-refractivity contribution in [1.82, 2.24) is 0 Å². The molecule has 96 valence electrons. The molecule has 0 aliphatic heterocycles. The summed E-state index contributed by atoms with van der Waals surface area (Å²) in [4.78, 5) is 22.8. The number of hydrogen-bond acceptors (Lipinski definition) is 2. The molecule has 0 radical (unpaired) electrons. The van der Waals surface area contributed by atoms with Gasteiger partial charge in [0.25, 0.3) is 0 Å². The summed E-state index contributed by atoms with van der Waals surface area (Å²) in [6.07, 6.45) is 2.41. The van der Waals surface area contributed by atoms with E-state index in [9.17, 15) is 9.59 Å². The number of Topliss-reactive ketones (excluding diaryl/α,β-unsaturated/α-hetero) is 2. The summed E-state index contributed by atoms with van der Waals surface area (Å²) in [6, 6.07) is 0. The van der Waals surface area contributed by atoms with E-state index in [1.54, 1.807) is 0 Å². The number of rotatable bonds is 5. The molecule has 0 bridgehead atoms. The van der Waals surface area contributed by atoms with Crippen molar-refractivity contribution in [3.63, 3.8) is 0 Å². The minimum Gasteiger partial charge on any atom is -0.299 e. The second-order valence-electron chi connectivity index (χ2n) is 5.42. The first-order valence-corrected chi connectivity index (χ1v) is 6.47. The van der Waals surface area contributed by atoms with Crippen LogP contribution in [-0.2, 0) is 9.59 Å². The normalized spacial score (nSPS) is 25.6. The van der Waals surface area contributed by atoms with E-state index in [0.29, 0.717) is 12.3 Å². The highest BCUT2D eigenvalue weighted by molar-refractivity contribution is 6.55. The molecule has 0 aromatic heterocycles. The molecule has 1 aliphatic rings. The van der Waals surface area contributed by atoms with Gasteiger partial charge in [0.2, 0.25) is 0 Å². The van der Waals surface area contributed by atoms with Crippen molar-refractivity contribution in [3.05, 3.63) is 10.6 Å². The molecule has 2 nitrogen and oxygen atoms in total. The largest absolute Gasteiger partial charge is 0.299 e. The zero-order valence-corrected chi connectivity index (χ0v) is 12.1. The van der Waals surface area contributed by atoms with Gasteiger partial charge in [-0.15, -0.1) is 0 Å². The van der Waals surface area contributed by atoms with E-state index in [0.717, 1.165) is 0 Å². The van der Waals surface area contributed by atoms with Crippen LogP contribution >= 0.6 is 23.2 Å². The standard InChI is InChI=1S/C13H18Cl2O2/c1-7(16)9(8(2)17)5-10-11(6-12(14)15)13(10,3)4/h6,9-11H,5H2,1-4H3. The van der Waals surface area contributed by atoms with Crippen LogP contribution in [0.1, 0.15) is 34.1 Å². The van der Waals surface area contributed by atoms with Crippen LogP contribution in [0.2, 0.25) is 0 Å². The van der Waals surface area contributed by atoms with Gasteiger partial charge in [-0.05, 0) is 37.5 Å². The Morgan fingerprint density at radius 1 is 1.24 bits per heavy atom. The van der Waals surface area contributed by atoms with Crippen LogP contribution in [0.25, 0.3) is 0 Å². The molecule has 0 saturated heterocycles. The van der Waals surface area contributed by atoms with Gasteiger partial charge in [-0.2, -0.15) is 0 Å². The van der Waals surface area contributed by atoms with Gasteiger partial charge in [0.1, 0.15) is 16.1 Å². The topological polar surface area (TPSA) is 34.1 Å². The van der Waals surface area contributed by atoms with Crippen LogP contribution in [0.3, 0.4) is 0 Å². The van der Waals surface area contributed by atoms with Crippen molar-refractivity contribution < 1.29 is 9.59 Å². The van der Waals surface area contributed by atoms with Crippen molar-refractivity contribution in [3.8, 4) is 0 Å². The van der Waals surface area contributed by atoms with Gasteiger partial charge in [0, 0.05) is 0 Å². The quantitative estimate of drug-likeness (QED) is 0.717. The Kier molecular flexibility index (Phi) is 4.43. The lowest BCUT2D eigenvalue weighted by atomic mass is 9.92. The van der Waals surface area contributed by atoms with Crippen LogP contribution in [0.5, 0.6) is 0 Å². The maximum Gasteiger partial charge on any atom is 0.140 e. The fourth-order valence-corrected chi connectivity index (χ4v) is 2.85. The summed E-state index contributed by atoms with van der Waals surface area (Å²) in [7, 11) is 0. The first-order valence-electron chi connectivity index (χ1n) is 5.71.